The van der Waals surface area contributed by atoms with Crippen LogP contribution in [0.15, 0.2) is 35.3 Å². The minimum atomic E-state index is -3.02. The lowest BCUT2D eigenvalue weighted by molar-refractivity contribution is -0.117. The summed E-state index contributed by atoms with van der Waals surface area (Å²) in [6, 6.07) is 9.82. The quantitative estimate of drug-likeness (QED) is 0.819. The summed E-state index contributed by atoms with van der Waals surface area (Å²) >= 11 is 1.44. The van der Waals surface area contributed by atoms with Crippen LogP contribution in [0.1, 0.15) is 38.3 Å². The zero-order chi connectivity index (χ0) is 17.3. The molecule has 2 saturated heterocycles. The van der Waals surface area contributed by atoms with Crippen molar-refractivity contribution in [1.82, 2.24) is 4.90 Å². The fourth-order valence-corrected chi connectivity index (χ4v) is 7.33. The van der Waals surface area contributed by atoms with Gasteiger partial charge in [-0.05, 0) is 18.9 Å². The molecule has 1 aromatic carbocycles. The van der Waals surface area contributed by atoms with E-state index < -0.39 is 9.84 Å². The maximum atomic E-state index is 12.0. The van der Waals surface area contributed by atoms with Gasteiger partial charge in [0.1, 0.15) is 0 Å². The highest BCUT2D eigenvalue weighted by atomic mass is 32.2. The van der Waals surface area contributed by atoms with Gasteiger partial charge in [0.15, 0.2) is 15.0 Å². The number of aliphatic imine (C=N–C) groups is 1. The molecule has 7 heteroatoms. The second-order valence-corrected chi connectivity index (χ2v) is 9.69. The van der Waals surface area contributed by atoms with Crippen molar-refractivity contribution in [3.63, 3.8) is 0 Å². The molecule has 0 N–H and O–H groups in total. The molecule has 2 aliphatic rings. The summed E-state index contributed by atoms with van der Waals surface area (Å²) in [6.07, 6.45) is 1.18. The van der Waals surface area contributed by atoms with E-state index in [9.17, 15) is 13.2 Å². The molecule has 3 atom stereocenters. The average molecular weight is 367 g/mol. The third-order valence-electron chi connectivity index (χ3n) is 4.49. The number of hydrogen-bond acceptors (Lipinski definition) is 4. The second-order valence-electron chi connectivity index (χ2n) is 6.33. The van der Waals surface area contributed by atoms with Gasteiger partial charge in [0.05, 0.1) is 23.6 Å². The molecule has 1 amide bonds. The molecular weight excluding hydrogens is 344 g/mol. The van der Waals surface area contributed by atoms with Crippen LogP contribution >= 0.6 is 11.8 Å². The lowest BCUT2D eigenvalue weighted by Crippen LogP contribution is -2.39. The number of amidine groups is 1. The van der Waals surface area contributed by atoms with Gasteiger partial charge in [-0.1, -0.05) is 49.0 Å². The molecule has 5 nitrogen and oxygen atoms in total. The predicted molar refractivity (Wildman–Crippen MR) is 97.9 cm³/mol. The van der Waals surface area contributed by atoms with Crippen LogP contribution in [0, 0.1) is 0 Å². The first-order chi connectivity index (χ1) is 11.4. The summed E-state index contributed by atoms with van der Waals surface area (Å²) in [6.45, 7) is 3.99. The van der Waals surface area contributed by atoms with Gasteiger partial charge < -0.3 is 4.90 Å². The summed E-state index contributed by atoms with van der Waals surface area (Å²) in [4.78, 5) is 18.3. The number of carbonyl (C=O) groups excluding carboxylic acids is 1. The summed E-state index contributed by atoms with van der Waals surface area (Å²) in [5.74, 6) is 0.178. The second kappa shape index (κ2) is 6.88. The Kier molecular flexibility index (Phi) is 5.01. The van der Waals surface area contributed by atoms with Gasteiger partial charge >= 0.3 is 0 Å². The number of sulfone groups is 1. The first-order valence-electron chi connectivity index (χ1n) is 8.23. The molecule has 0 radical (unpaired) electrons. The molecule has 0 saturated carbocycles. The molecular formula is C17H22N2O3S2. The number of nitrogens with zero attached hydrogens (tertiary/aromatic N) is 2. The Morgan fingerprint density at radius 1 is 1.33 bits per heavy atom. The van der Waals surface area contributed by atoms with Crippen LogP contribution in [0.5, 0.6) is 0 Å². The number of hydrogen-bond donors (Lipinski definition) is 0. The highest BCUT2D eigenvalue weighted by Gasteiger charge is 2.50. The summed E-state index contributed by atoms with van der Waals surface area (Å²) in [5, 5.41) is 0.643. The minimum Gasteiger partial charge on any atom is -0.339 e. The van der Waals surface area contributed by atoms with Crippen LogP contribution in [-0.4, -0.2) is 47.2 Å². The molecule has 0 aliphatic carbocycles. The number of rotatable bonds is 4. The number of fused-ring (bicyclic) bond motifs is 1. The van der Waals surface area contributed by atoms with E-state index in [0.717, 1.165) is 12.0 Å². The van der Waals surface area contributed by atoms with E-state index in [4.69, 9.17) is 0 Å². The van der Waals surface area contributed by atoms with Crippen molar-refractivity contribution in [3.8, 4) is 0 Å². The Hall–Kier alpha value is -1.34. The SMILES string of the molecule is CCCC(=O)N=C1S[C@@H]2CS(=O)(=O)C[C@H]2N1[C@H](C)c1ccccc1. The van der Waals surface area contributed by atoms with Gasteiger partial charge in [-0.15, -0.1) is 0 Å². The van der Waals surface area contributed by atoms with Gasteiger partial charge in [-0.3, -0.25) is 4.79 Å². The van der Waals surface area contributed by atoms with Crippen LogP contribution in [-0.2, 0) is 14.6 Å². The lowest BCUT2D eigenvalue weighted by atomic mass is 10.1. The molecule has 0 unspecified atom stereocenters. The third kappa shape index (κ3) is 3.52. The van der Waals surface area contributed by atoms with Gasteiger partial charge in [-0.2, -0.15) is 4.99 Å². The van der Waals surface area contributed by atoms with Crippen LogP contribution in [0.3, 0.4) is 0 Å². The van der Waals surface area contributed by atoms with Crippen molar-refractivity contribution in [2.45, 2.75) is 44.0 Å². The maximum Gasteiger partial charge on any atom is 0.248 e. The van der Waals surface area contributed by atoms with Crippen molar-refractivity contribution >= 4 is 32.7 Å². The number of benzene rings is 1. The van der Waals surface area contributed by atoms with Crippen LogP contribution in [0.2, 0.25) is 0 Å². The zero-order valence-electron chi connectivity index (χ0n) is 13.9. The summed E-state index contributed by atoms with van der Waals surface area (Å²) < 4.78 is 24.1. The molecule has 3 rings (SSSR count). The van der Waals surface area contributed by atoms with E-state index in [0.29, 0.717) is 11.6 Å². The van der Waals surface area contributed by atoms with Crippen LogP contribution < -0.4 is 0 Å². The van der Waals surface area contributed by atoms with E-state index in [1.807, 2.05) is 49.1 Å². The highest BCUT2D eigenvalue weighted by molar-refractivity contribution is 8.15. The van der Waals surface area contributed by atoms with E-state index in [1.54, 1.807) is 0 Å². The first-order valence-corrected chi connectivity index (χ1v) is 10.9. The van der Waals surface area contributed by atoms with Gasteiger partial charge in [-0.25, -0.2) is 8.42 Å². The van der Waals surface area contributed by atoms with E-state index in [2.05, 4.69) is 4.99 Å². The molecule has 0 spiro atoms. The van der Waals surface area contributed by atoms with Crippen molar-refractivity contribution in [2.75, 3.05) is 11.5 Å². The van der Waals surface area contributed by atoms with E-state index in [1.165, 1.54) is 11.8 Å². The molecule has 24 heavy (non-hydrogen) atoms. The summed E-state index contributed by atoms with van der Waals surface area (Å²) in [5.41, 5.74) is 1.10. The van der Waals surface area contributed by atoms with Crippen molar-refractivity contribution in [3.05, 3.63) is 35.9 Å². The predicted octanol–water partition coefficient (Wildman–Crippen LogP) is 2.64. The Morgan fingerprint density at radius 3 is 2.71 bits per heavy atom. The fraction of sp³-hybridized carbons (Fsp3) is 0.529. The number of carbonyl (C=O) groups is 1. The molecule has 0 aromatic heterocycles. The number of thioether (sulfide) groups is 1. The van der Waals surface area contributed by atoms with Gasteiger partial charge in [0, 0.05) is 11.7 Å². The highest BCUT2D eigenvalue weighted by Crippen LogP contribution is 2.42. The Bertz CT molecular complexity index is 746. The number of amides is 1. The molecule has 2 fully saturated rings. The zero-order valence-corrected chi connectivity index (χ0v) is 15.5. The third-order valence-corrected chi connectivity index (χ3v) is 7.71. The molecule has 1 aromatic rings. The monoisotopic (exact) mass is 366 g/mol. The molecule has 130 valence electrons. The smallest absolute Gasteiger partial charge is 0.248 e. The largest absolute Gasteiger partial charge is 0.339 e. The van der Waals surface area contributed by atoms with Gasteiger partial charge in [0.2, 0.25) is 5.91 Å². The Labute approximate surface area is 147 Å². The van der Waals surface area contributed by atoms with Crippen molar-refractivity contribution in [2.24, 2.45) is 4.99 Å². The Morgan fingerprint density at radius 2 is 2.04 bits per heavy atom. The van der Waals surface area contributed by atoms with E-state index in [-0.39, 0.29) is 34.7 Å². The standard InChI is InChI=1S/C17H22N2O3S2/c1-3-7-16(20)18-17-19(12(2)13-8-5-4-6-9-13)14-10-24(21,22)11-15(14)23-17/h4-6,8-9,12,14-15H,3,7,10-11H2,1-2H3/t12-,14-,15-/m1/s1. The van der Waals surface area contributed by atoms with E-state index >= 15 is 0 Å². The van der Waals surface area contributed by atoms with Crippen LogP contribution in [0.25, 0.3) is 0 Å². The van der Waals surface area contributed by atoms with Gasteiger partial charge in [0.25, 0.3) is 0 Å². The van der Waals surface area contributed by atoms with Crippen molar-refractivity contribution in [1.29, 1.82) is 0 Å². The first kappa shape index (κ1) is 17.5. The Balaban J connectivity index is 1.94. The topological polar surface area (TPSA) is 66.8 Å². The maximum absolute atomic E-state index is 12.0. The minimum absolute atomic E-state index is 0.0184. The average Bonchev–Trinajstić information content (AvgIpc) is 2.98. The fourth-order valence-electron chi connectivity index (χ4n) is 3.31. The normalized spacial score (nSPS) is 28.1. The molecule has 2 heterocycles. The van der Waals surface area contributed by atoms with Crippen LogP contribution in [0.4, 0.5) is 0 Å². The molecule has 2 aliphatic heterocycles. The summed E-state index contributed by atoms with van der Waals surface area (Å²) in [7, 11) is -3.02. The lowest BCUT2D eigenvalue weighted by Gasteiger charge is -2.31. The molecule has 0 bridgehead atoms. The van der Waals surface area contributed by atoms with Crippen molar-refractivity contribution < 1.29 is 13.2 Å².